The van der Waals surface area contributed by atoms with Crippen LogP contribution in [0, 0.1) is 21.6 Å². The lowest BCUT2D eigenvalue weighted by atomic mass is 10.0. The number of hydrogen-bond donors (Lipinski definition) is 8. The number of nitrogens with one attached hydrogen (secondary N) is 4. The summed E-state index contributed by atoms with van der Waals surface area (Å²) < 4.78 is 22.9. The molecule has 0 fully saturated rings. The Morgan fingerprint density at radius 1 is 0.480 bits per heavy atom. The van der Waals surface area contributed by atoms with Crippen LogP contribution in [0.15, 0.2) is 194 Å². The third-order valence-corrected chi connectivity index (χ3v) is 15.2. The topological polar surface area (TPSA) is 232 Å². The number of methoxy groups -OCH3 is 1. The Morgan fingerprint density at radius 2 is 1.09 bits per heavy atom. The van der Waals surface area contributed by atoms with E-state index in [4.69, 9.17) is 58.8 Å². The van der Waals surface area contributed by atoms with Crippen molar-refractivity contribution in [2.24, 2.45) is 22.9 Å². The monoisotopic (exact) mass is 1070 g/mol. The van der Waals surface area contributed by atoms with E-state index >= 15 is 0 Å². The number of fused-ring (bicyclic) bond motifs is 3. The Morgan fingerprint density at radius 3 is 1.79 bits per heavy atom. The summed E-state index contributed by atoms with van der Waals surface area (Å²) in [6.45, 7) is 0.916. The highest BCUT2D eigenvalue weighted by Crippen LogP contribution is 2.41. The van der Waals surface area contributed by atoms with Crippen LogP contribution in [0.25, 0.3) is 58.2 Å². The minimum atomic E-state index is 0. The normalized spacial score (nSPS) is 10.6. The van der Waals surface area contributed by atoms with E-state index in [2.05, 4.69) is 41.0 Å². The number of nitrogen functional groups attached to an aromatic ring is 4. The molecule has 0 spiro atoms. The Balaban J connectivity index is 0.000000151. The smallest absolute Gasteiger partial charge is 0.133 e. The number of halogens is 1. The molecule has 0 aliphatic carbocycles. The third-order valence-electron chi connectivity index (χ3n) is 11.8. The lowest BCUT2D eigenvalue weighted by molar-refractivity contribution is 0.306. The predicted octanol–water partition coefficient (Wildman–Crippen LogP) is 13.6. The molecule has 75 heavy (non-hydrogen) atoms. The zero-order valence-corrected chi connectivity index (χ0v) is 43.8. The van der Waals surface area contributed by atoms with Crippen molar-refractivity contribution >= 4 is 100 Å². The largest absolute Gasteiger partial charge is 0.496 e. The van der Waals surface area contributed by atoms with Crippen LogP contribution in [0.2, 0.25) is 0 Å². The highest BCUT2D eigenvalue weighted by Gasteiger charge is 2.16. The molecule has 7 aromatic carbocycles. The van der Waals surface area contributed by atoms with Crippen LogP contribution >= 0.6 is 46.4 Å². The fourth-order valence-electron chi connectivity index (χ4n) is 8.20. The molecule has 16 heteroatoms. The van der Waals surface area contributed by atoms with Crippen molar-refractivity contribution in [3.8, 4) is 45.2 Å². The minimum absolute atomic E-state index is 0. The van der Waals surface area contributed by atoms with E-state index in [1.54, 1.807) is 7.11 Å². The van der Waals surface area contributed by atoms with Crippen molar-refractivity contribution in [1.29, 1.82) is 21.6 Å². The van der Waals surface area contributed by atoms with Crippen LogP contribution in [0.1, 0.15) is 31.3 Å². The van der Waals surface area contributed by atoms with Gasteiger partial charge in [0.1, 0.15) is 53.8 Å². The molecule has 0 aliphatic rings. The second-order valence-electron chi connectivity index (χ2n) is 16.9. The number of amidine groups is 4. The number of rotatable bonds is 14. The van der Waals surface area contributed by atoms with Gasteiger partial charge in [0.25, 0.3) is 0 Å². The third kappa shape index (κ3) is 12.4. The highest BCUT2D eigenvalue weighted by atomic mass is 35.5. The van der Waals surface area contributed by atoms with Gasteiger partial charge in [-0.25, -0.2) is 0 Å². The zero-order chi connectivity index (χ0) is 51.7. The first kappa shape index (κ1) is 52.6. The Labute approximate surface area is 451 Å². The molecule has 0 saturated heterocycles. The molecule has 0 bridgehead atoms. The quantitative estimate of drug-likeness (QED) is 0.0387. The van der Waals surface area contributed by atoms with Crippen LogP contribution in [-0.2, 0) is 13.2 Å². The number of nitrogens with two attached hydrogens (primary N) is 4. The van der Waals surface area contributed by atoms with Gasteiger partial charge in [-0.1, -0.05) is 97.1 Å². The summed E-state index contributed by atoms with van der Waals surface area (Å²) in [5, 5.41) is 33.6. The fraction of sp³-hybridized carbons (Fsp3) is 0.0508. The summed E-state index contributed by atoms with van der Waals surface area (Å²) >= 11 is 4.55. The summed E-state index contributed by atoms with van der Waals surface area (Å²) in [6.07, 6.45) is 4.05. The van der Waals surface area contributed by atoms with E-state index in [9.17, 15) is 0 Å². The lowest BCUT2D eigenvalue weighted by Gasteiger charge is -2.13. The van der Waals surface area contributed by atoms with Crippen molar-refractivity contribution < 1.29 is 14.2 Å². The number of benzene rings is 7. The number of ether oxygens (including phenoxy) is 3. The first-order chi connectivity index (χ1) is 35.9. The molecular formula is C59H52ClN9O3S3. The van der Waals surface area contributed by atoms with Gasteiger partial charge in [0.05, 0.1) is 21.7 Å². The van der Waals surface area contributed by atoms with Crippen molar-refractivity contribution in [3.63, 3.8) is 0 Å². The molecule has 0 amide bonds. The summed E-state index contributed by atoms with van der Waals surface area (Å²) in [7, 11) is 1.67. The Hall–Kier alpha value is -8.73. The number of para-hydroxylation sites is 1. The SMILES string of the molecule is COc1ccc2sc(C(=N)N)cc2c1-c1ccccc1.Cl.N=C(N)c1cc2ccc(OCc3cccc(-n4cccc4)c3)cc2s1.N=C(N)c1ccc(COc2ccccc2-c2cccc3sc(C(=N)N)cc23)cc1. The van der Waals surface area contributed by atoms with E-state index < -0.39 is 0 Å². The molecule has 0 aliphatic heterocycles. The van der Waals surface area contributed by atoms with Crippen LogP contribution in [0.3, 0.4) is 0 Å². The zero-order valence-electron chi connectivity index (χ0n) is 40.5. The van der Waals surface area contributed by atoms with Gasteiger partial charge in [0.2, 0.25) is 0 Å². The molecule has 0 unspecified atom stereocenters. The molecule has 0 saturated carbocycles. The van der Waals surface area contributed by atoms with E-state index in [0.717, 1.165) is 101 Å². The standard InChI is InChI=1S/C23H20N4OS.C20H17N3OS.C16H14N2OS.ClH/c24-22(25)15-10-8-14(9-11-15)13-28-19-6-2-1-4-17(19)16-5-3-7-20-18(16)12-21(29-20)23(26)27;21-20(22)19-11-15-6-7-17(12-18(15)25-19)24-13-14-4-3-5-16(10-14)23-8-1-2-9-23;1-19-12-7-8-13-11(9-14(20-13)16(17)18)15(12)10-5-3-2-4-6-10;/h1-12H,13H2,(H3,24,25)(H3,26,27);1-12H,13H2,(H3,21,22);2-9H,1H3,(H3,17,18);1H. The molecule has 11 rings (SSSR count). The summed E-state index contributed by atoms with van der Waals surface area (Å²) in [4.78, 5) is 2.33. The van der Waals surface area contributed by atoms with Crippen molar-refractivity contribution in [1.82, 2.24) is 4.57 Å². The number of aromatic nitrogens is 1. The van der Waals surface area contributed by atoms with Crippen LogP contribution in [-0.4, -0.2) is 35.0 Å². The number of nitrogens with zero attached hydrogens (tertiary/aromatic N) is 1. The van der Waals surface area contributed by atoms with Gasteiger partial charge in [0.15, 0.2) is 0 Å². The van der Waals surface area contributed by atoms with Gasteiger partial charge in [-0.2, -0.15) is 0 Å². The Bertz CT molecular complexity index is 3810. The maximum Gasteiger partial charge on any atom is 0.133 e. The maximum absolute atomic E-state index is 7.73. The maximum atomic E-state index is 7.73. The molecule has 0 radical (unpaired) electrons. The molecule has 11 aromatic rings. The number of thiophene rings is 3. The summed E-state index contributed by atoms with van der Waals surface area (Å²) in [6, 6.07) is 59.7. The van der Waals surface area contributed by atoms with Crippen LogP contribution in [0.4, 0.5) is 0 Å². The van der Waals surface area contributed by atoms with Crippen molar-refractivity contribution in [3.05, 3.63) is 226 Å². The number of hydrogen-bond acceptors (Lipinski definition) is 10. The average Bonchev–Trinajstić information content (AvgIpc) is 4.28. The summed E-state index contributed by atoms with van der Waals surface area (Å²) in [5.74, 6) is 2.76. The van der Waals surface area contributed by atoms with E-state index in [1.165, 1.54) is 34.0 Å². The molecule has 376 valence electrons. The van der Waals surface area contributed by atoms with Crippen molar-refractivity contribution in [2.75, 3.05) is 7.11 Å². The molecule has 12 nitrogen and oxygen atoms in total. The second-order valence-corrected chi connectivity index (χ2v) is 20.1. The lowest BCUT2D eigenvalue weighted by Crippen LogP contribution is -2.10. The highest BCUT2D eigenvalue weighted by molar-refractivity contribution is 7.21. The fourth-order valence-corrected chi connectivity index (χ4v) is 11.0. The molecule has 4 heterocycles. The summed E-state index contributed by atoms with van der Waals surface area (Å²) in [5.41, 5.74) is 30.5. The average molecular weight is 1070 g/mol. The first-order valence-corrected chi connectivity index (χ1v) is 25.6. The first-order valence-electron chi connectivity index (χ1n) is 23.2. The van der Waals surface area contributed by atoms with Gasteiger partial charge >= 0.3 is 0 Å². The van der Waals surface area contributed by atoms with Gasteiger partial charge in [-0.05, 0) is 113 Å². The molecule has 0 atom stereocenters. The van der Waals surface area contributed by atoms with Crippen LogP contribution < -0.4 is 37.1 Å². The van der Waals surface area contributed by atoms with E-state index in [0.29, 0.717) is 18.8 Å². The van der Waals surface area contributed by atoms with Gasteiger partial charge in [0, 0.05) is 59.6 Å². The van der Waals surface area contributed by atoms with E-state index in [1.807, 2.05) is 158 Å². The van der Waals surface area contributed by atoms with Crippen LogP contribution in [0.5, 0.6) is 17.2 Å². The second kappa shape index (κ2) is 23.9. The van der Waals surface area contributed by atoms with E-state index in [-0.39, 0.29) is 35.7 Å². The van der Waals surface area contributed by atoms with Gasteiger partial charge in [-0.15, -0.1) is 46.4 Å². The van der Waals surface area contributed by atoms with Crippen molar-refractivity contribution in [2.45, 2.75) is 13.2 Å². The molecule has 4 aromatic heterocycles. The Kier molecular flexibility index (Phi) is 16.7. The predicted molar refractivity (Wildman–Crippen MR) is 315 cm³/mol. The van der Waals surface area contributed by atoms with Gasteiger partial charge < -0.3 is 41.7 Å². The molecular weight excluding hydrogens is 1010 g/mol. The molecule has 12 N–H and O–H groups in total. The minimum Gasteiger partial charge on any atom is -0.496 e. The van der Waals surface area contributed by atoms with Gasteiger partial charge in [-0.3, -0.25) is 21.6 Å².